The lowest BCUT2D eigenvalue weighted by Gasteiger charge is -2.49. The normalized spacial score (nSPS) is 28.8. The van der Waals surface area contributed by atoms with Gasteiger partial charge in [-0.25, -0.2) is 4.98 Å². The highest BCUT2D eigenvalue weighted by atomic mass is 35.5. The van der Waals surface area contributed by atoms with Gasteiger partial charge in [-0.2, -0.15) is 0 Å². The molecule has 1 saturated carbocycles. The van der Waals surface area contributed by atoms with E-state index in [4.69, 9.17) is 11.6 Å². The highest BCUT2D eigenvalue weighted by molar-refractivity contribution is 7.09. The zero-order valence-corrected chi connectivity index (χ0v) is 11.0. The van der Waals surface area contributed by atoms with E-state index in [1.807, 2.05) is 6.92 Å². The molecule has 1 aromatic rings. The minimum atomic E-state index is 0.216. The molecule has 1 heterocycles. The third kappa shape index (κ3) is 2.19. The molecule has 2 rings (SSSR count). The summed E-state index contributed by atoms with van der Waals surface area (Å²) in [6, 6.07) is 0.532. The zero-order valence-electron chi connectivity index (χ0n) is 9.38. The van der Waals surface area contributed by atoms with Crippen molar-refractivity contribution in [2.45, 2.75) is 45.2 Å². The molecule has 15 heavy (non-hydrogen) atoms. The van der Waals surface area contributed by atoms with Crippen LogP contribution in [0.4, 0.5) is 0 Å². The molecule has 1 N–H and O–H groups in total. The number of alkyl halides is 1. The Morgan fingerprint density at radius 1 is 1.67 bits per heavy atom. The van der Waals surface area contributed by atoms with Crippen LogP contribution in [-0.2, 0) is 6.54 Å². The first-order chi connectivity index (χ1) is 7.00. The summed E-state index contributed by atoms with van der Waals surface area (Å²) < 4.78 is 0. The van der Waals surface area contributed by atoms with E-state index in [9.17, 15) is 0 Å². The van der Waals surface area contributed by atoms with Gasteiger partial charge >= 0.3 is 0 Å². The number of thiazole rings is 1. The topological polar surface area (TPSA) is 24.9 Å². The smallest absolute Gasteiger partial charge is 0.107 e. The van der Waals surface area contributed by atoms with Gasteiger partial charge in [0, 0.05) is 29.0 Å². The van der Waals surface area contributed by atoms with Crippen LogP contribution in [0.15, 0.2) is 5.38 Å². The van der Waals surface area contributed by atoms with Crippen LogP contribution in [0, 0.1) is 12.3 Å². The summed E-state index contributed by atoms with van der Waals surface area (Å²) in [4.78, 5) is 4.43. The molecule has 0 radical (unpaired) electrons. The Morgan fingerprint density at radius 2 is 2.40 bits per heavy atom. The SMILES string of the molecule is Cc1csc(CNC2CC(Cl)C2(C)C)n1. The van der Waals surface area contributed by atoms with Crippen LogP contribution in [0.1, 0.15) is 31.0 Å². The second kappa shape index (κ2) is 4.04. The summed E-state index contributed by atoms with van der Waals surface area (Å²) in [6.07, 6.45) is 1.07. The van der Waals surface area contributed by atoms with Gasteiger partial charge in [-0.05, 0) is 18.8 Å². The lowest BCUT2D eigenvalue weighted by atomic mass is 9.67. The molecule has 1 aromatic heterocycles. The van der Waals surface area contributed by atoms with Crippen molar-refractivity contribution in [2.75, 3.05) is 0 Å². The maximum absolute atomic E-state index is 6.17. The molecule has 0 amide bonds. The minimum Gasteiger partial charge on any atom is -0.307 e. The Morgan fingerprint density at radius 3 is 2.87 bits per heavy atom. The first-order valence-electron chi connectivity index (χ1n) is 5.28. The van der Waals surface area contributed by atoms with Crippen LogP contribution in [0.5, 0.6) is 0 Å². The van der Waals surface area contributed by atoms with Gasteiger partial charge in [0.1, 0.15) is 5.01 Å². The maximum atomic E-state index is 6.17. The van der Waals surface area contributed by atoms with E-state index in [2.05, 4.69) is 29.5 Å². The number of aryl methyl sites for hydroxylation is 1. The second-order valence-corrected chi connectivity index (χ2v) is 6.31. The largest absolute Gasteiger partial charge is 0.307 e. The molecule has 0 spiro atoms. The van der Waals surface area contributed by atoms with E-state index in [0.29, 0.717) is 11.4 Å². The van der Waals surface area contributed by atoms with Gasteiger partial charge in [0.25, 0.3) is 0 Å². The van der Waals surface area contributed by atoms with Crippen molar-refractivity contribution >= 4 is 22.9 Å². The van der Waals surface area contributed by atoms with Crippen LogP contribution in [-0.4, -0.2) is 16.4 Å². The van der Waals surface area contributed by atoms with E-state index in [-0.39, 0.29) is 5.41 Å². The van der Waals surface area contributed by atoms with Crippen molar-refractivity contribution < 1.29 is 0 Å². The van der Waals surface area contributed by atoms with E-state index in [1.165, 1.54) is 5.01 Å². The molecule has 4 heteroatoms. The number of hydrogen-bond donors (Lipinski definition) is 1. The molecule has 1 fully saturated rings. The summed E-state index contributed by atoms with van der Waals surface area (Å²) in [5, 5.41) is 7.10. The molecule has 1 aliphatic rings. The maximum Gasteiger partial charge on any atom is 0.107 e. The standard InChI is InChI=1S/C11H17ClN2S/c1-7-6-15-10(14-7)5-13-9-4-8(12)11(9,2)3/h6,8-9,13H,4-5H2,1-3H3. The molecule has 0 bridgehead atoms. The van der Waals surface area contributed by atoms with Crippen molar-refractivity contribution in [3.63, 3.8) is 0 Å². The minimum absolute atomic E-state index is 0.216. The van der Waals surface area contributed by atoms with Crippen LogP contribution >= 0.6 is 22.9 Å². The number of aromatic nitrogens is 1. The van der Waals surface area contributed by atoms with E-state index in [0.717, 1.165) is 18.7 Å². The Balaban J connectivity index is 1.85. The van der Waals surface area contributed by atoms with Crippen LogP contribution in [0.25, 0.3) is 0 Å². The van der Waals surface area contributed by atoms with Gasteiger partial charge in [-0.15, -0.1) is 22.9 Å². The van der Waals surface area contributed by atoms with Gasteiger partial charge in [-0.3, -0.25) is 0 Å². The fraction of sp³-hybridized carbons (Fsp3) is 0.727. The van der Waals surface area contributed by atoms with Crippen LogP contribution in [0.3, 0.4) is 0 Å². The summed E-state index contributed by atoms with van der Waals surface area (Å²) in [6.45, 7) is 7.34. The lowest BCUT2D eigenvalue weighted by Crippen LogP contribution is -2.57. The lowest BCUT2D eigenvalue weighted by molar-refractivity contribution is 0.115. The predicted molar refractivity (Wildman–Crippen MR) is 65.5 cm³/mol. The first kappa shape index (κ1) is 11.4. The molecular formula is C11H17ClN2S. The Kier molecular flexibility index (Phi) is 3.06. The summed E-state index contributed by atoms with van der Waals surface area (Å²) in [5.41, 5.74) is 1.33. The number of rotatable bonds is 3. The van der Waals surface area contributed by atoms with Crippen molar-refractivity contribution in [1.29, 1.82) is 0 Å². The van der Waals surface area contributed by atoms with Gasteiger partial charge in [0.05, 0.1) is 0 Å². The van der Waals surface area contributed by atoms with Gasteiger partial charge in [-0.1, -0.05) is 13.8 Å². The zero-order chi connectivity index (χ0) is 11.1. The van der Waals surface area contributed by atoms with Gasteiger partial charge in [0.2, 0.25) is 0 Å². The van der Waals surface area contributed by atoms with Crippen LogP contribution in [0.2, 0.25) is 0 Å². The number of nitrogens with zero attached hydrogens (tertiary/aromatic N) is 1. The van der Waals surface area contributed by atoms with E-state index in [1.54, 1.807) is 11.3 Å². The Hall–Kier alpha value is -0.120. The first-order valence-corrected chi connectivity index (χ1v) is 6.60. The molecule has 2 atom stereocenters. The highest BCUT2D eigenvalue weighted by Crippen LogP contribution is 2.44. The summed E-state index contributed by atoms with van der Waals surface area (Å²) in [5.74, 6) is 0. The average Bonchev–Trinajstić information content (AvgIpc) is 2.58. The number of nitrogens with one attached hydrogen (secondary N) is 1. The molecule has 0 saturated heterocycles. The molecule has 0 aromatic carbocycles. The quantitative estimate of drug-likeness (QED) is 0.827. The monoisotopic (exact) mass is 244 g/mol. The Bertz CT molecular complexity index is 348. The highest BCUT2D eigenvalue weighted by Gasteiger charge is 2.46. The average molecular weight is 245 g/mol. The predicted octanol–water partition coefficient (Wildman–Crippen LogP) is 2.95. The van der Waals surface area contributed by atoms with E-state index < -0.39 is 0 Å². The van der Waals surface area contributed by atoms with Crippen molar-refractivity contribution in [1.82, 2.24) is 10.3 Å². The summed E-state index contributed by atoms with van der Waals surface area (Å²) >= 11 is 7.89. The number of hydrogen-bond acceptors (Lipinski definition) is 3. The molecule has 2 nitrogen and oxygen atoms in total. The molecule has 2 unspecified atom stereocenters. The van der Waals surface area contributed by atoms with Crippen molar-refractivity contribution in [2.24, 2.45) is 5.41 Å². The fourth-order valence-electron chi connectivity index (χ4n) is 1.91. The second-order valence-electron chi connectivity index (χ2n) is 4.84. The van der Waals surface area contributed by atoms with Gasteiger partial charge in [0.15, 0.2) is 0 Å². The number of halogens is 1. The van der Waals surface area contributed by atoms with Crippen molar-refractivity contribution in [3.8, 4) is 0 Å². The molecule has 1 aliphatic carbocycles. The molecule has 0 aliphatic heterocycles. The third-order valence-electron chi connectivity index (χ3n) is 3.31. The Labute approximate surface area is 100 Å². The fourth-order valence-corrected chi connectivity index (χ4v) is 2.97. The molecular weight excluding hydrogens is 228 g/mol. The van der Waals surface area contributed by atoms with Crippen molar-refractivity contribution in [3.05, 3.63) is 16.1 Å². The third-order valence-corrected chi connectivity index (χ3v) is 5.02. The summed E-state index contributed by atoms with van der Waals surface area (Å²) in [7, 11) is 0. The van der Waals surface area contributed by atoms with Crippen LogP contribution < -0.4 is 5.32 Å². The van der Waals surface area contributed by atoms with E-state index >= 15 is 0 Å². The van der Waals surface area contributed by atoms with Gasteiger partial charge < -0.3 is 5.32 Å². The molecule has 84 valence electrons.